The Morgan fingerprint density at radius 1 is 1.20 bits per heavy atom. The normalized spacial score (nSPS) is 19.0. The Bertz CT molecular complexity index is 1290. The number of nitrogen functional groups attached to an aromatic ring is 1. The predicted octanol–water partition coefficient (Wildman–Crippen LogP) is 1.98. The van der Waals surface area contributed by atoms with E-state index in [0.29, 0.717) is 29.4 Å². The van der Waals surface area contributed by atoms with E-state index >= 15 is 0 Å². The van der Waals surface area contributed by atoms with Crippen LogP contribution in [-0.2, 0) is 10.4 Å². The molecule has 0 saturated carbocycles. The lowest BCUT2D eigenvalue weighted by atomic mass is 9.98. The fourth-order valence-electron chi connectivity index (χ4n) is 3.62. The smallest absolute Gasteiger partial charge is 0.262 e. The summed E-state index contributed by atoms with van der Waals surface area (Å²) < 4.78 is 5.34. The second-order valence-corrected chi connectivity index (χ2v) is 7.32. The summed E-state index contributed by atoms with van der Waals surface area (Å²) in [5.74, 6) is 0.583. The number of likely N-dealkylation sites (tertiary alicyclic amines) is 1. The maximum atomic E-state index is 12.3. The van der Waals surface area contributed by atoms with Gasteiger partial charge in [-0.25, -0.2) is 15.0 Å². The van der Waals surface area contributed by atoms with Gasteiger partial charge in [0.2, 0.25) is 5.60 Å². The first-order valence-corrected chi connectivity index (χ1v) is 9.39. The van der Waals surface area contributed by atoms with E-state index in [2.05, 4.69) is 20.1 Å². The van der Waals surface area contributed by atoms with Gasteiger partial charge in [0.1, 0.15) is 17.0 Å². The van der Waals surface area contributed by atoms with Crippen molar-refractivity contribution in [2.24, 2.45) is 0 Å². The van der Waals surface area contributed by atoms with Crippen LogP contribution in [-0.4, -0.2) is 49.6 Å². The molecule has 0 unspecified atom stereocenters. The van der Waals surface area contributed by atoms with Crippen molar-refractivity contribution in [2.75, 3.05) is 19.3 Å². The third-order valence-corrected chi connectivity index (χ3v) is 5.37. The predicted molar refractivity (Wildman–Crippen MR) is 109 cm³/mol. The fourth-order valence-corrected chi connectivity index (χ4v) is 3.62. The Morgan fingerprint density at radius 2 is 2.03 bits per heavy atom. The zero-order chi connectivity index (χ0) is 20.9. The van der Waals surface area contributed by atoms with Crippen LogP contribution in [0.1, 0.15) is 12.2 Å². The first-order valence-electron chi connectivity index (χ1n) is 9.39. The molecule has 1 aliphatic rings. The minimum Gasteiger partial charge on any atom is -0.382 e. The van der Waals surface area contributed by atoms with E-state index in [4.69, 9.17) is 10.3 Å². The molecule has 150 valence electrons. The highest BCUT2D eigenvalue weighted by molar-refractivity contribution is 5.88. The number of amides is 1. The molecule has 4 heterocycles. The molecule has 0 radical (unpaired) electrons. The molecule has 1 fully saturated rings. The van der Waals surface area contributed by atoms with Crippen LogP contribution < -0.4 is 5.73 Å². The Balaban J connectivity index is 1.51. The number of hydrogen-bond donors (Lipinski definition) is 2. The SMILES string of the molecule is CN1CC[C@@](O)(c2cc(-c3cccc(-c4ncc5ccnc(N)c5n4)c3)no2)C1=O. The molecule has 1 aromatic carbocycles. The van der Waals surface area contributed by atoms with Crippen molar-refractivity contribution in [3.63, 3.8) is 0 Å². The van der Waals surface area contributed by atoms with E-state index in [1.807, 2.05) is 24.3 Å². The number of likely N-dealkylation sites (N-methyl/N-ethyl adjacent to an activating group) is 1. The monoisotopic (exact) mass is 402 g/mol. The largest absolute Gasteiger partial charge is 0.382 e. The highest BCUT2D eigenvalue weighted by Crippen LogP contribution is 2.35. The molecule has 1 amide bonds. The second-order valence-electron chi connectivity index (χ2n) is 7.32. The van der Waals surface area contributed by atoms with Crippen LogP contribution >= 0.6 is 0 Å². The summed E-state index contributed by atoms with van der Waals surface area (Å²) in [6.45, 7) is 0.456. The number of aliphatic hydroxyl groups is 1. The zero-order valence-corrected chi connectivity index (χ0v) is 16.1. The van der Waals surface area contributed by atoms with Gasteiger partial charge >= 0.3 is 0 Å². The highest BCUT2D eigenvalue weighted by Gasteiger charge is 2.48. The Hall–Kier alpha value is -3.85. The molecule has 3 aromatic heterocycles. The van der Waals surface area contributed by atoms with Gasteiger partial charge in [0.15, 0.2) is 11.6 Å². The third-order valence-electron chi connectivity index (χ3n) is 5.37. The molecule has 1 aliphatic heterocycles. The van der Waals surface area contributed by atoms with Gasteiger partial charge in [-0.2, -0.15) is 0 Å². The van der Waals surface area contributed by atoms with Gasteiger partial charge in [-0.3, -0.25) is 4.79 Å². The van der Waals surface area contributed by atoms with Crippen LogP contribution in [0.15, 0.2) is 53.3 Å². The van der Waals surface area contributed by atoms with Crippen LogP contribution in [0.25, 0.3) is 33.5 Å². The second kappa shape index (κ2) is 6.60. The number of carbonyl (C=O) groups excluding carboxylic acids is 1. The maximum absolute atomic E-state index is 12.3. The van der Waals surface area contributed by atoms with E-state index in [1.165, 1.54) is 4.90 Å². The van der Waals surface area contributed by atoms with Gasteiger partial charge in [-0.15, -0.1) is 0 Å². The summed E-state index contributed by atoms with van der Waals surface area (Å²) in [6, 6.07) is 10.8. The number of nitrogens with zero attached hydrogens (tertiary/aromatic N) is 5. The van der Waals surface area contributed by atoms with Gasteiger partial charge in [0.25, 0.3) is 5.91 Å². The topological polar surface area (TPSA) is 131 Å². The number of benzene rings is 1. The molecule has 1 saturated heterocycles. The number of aromatic nitrogens is 4. The molecule has 0 aliphatic carbocycles. The third kappa shape index (κ3) is 2.79. The number of carbonyl (C=O) groups is 1. The fraction of sp³-hybridized carbons (Fsp3) is 0.190. The average molecular weight is 402 g/mol. The first kappa shape index (κ1) is 18.2. The molecular weight excluding hydrogens is 384 g/mol. The number of rotatable bonds is 3. The van der Waals surface area contributed by atoms with Crippen molar-refractivity contribution in [1.29, 1.82) is 0 Å². The van der Waals surface area contributed by atoms with Crippen LogP contribution in [0.4, 0.5) is 5.82 Å². The molecule has 4 aromatic rings. The highest BCUT2D eigenvalue weighted by atomic mass is 16.5. The van der Waals surface area contributed by atoms with Crippen molar-refractivity contribution in [1.82, 2.24) is 25.0 Å². The summed E-state index contributed by atoms with van der Waals surface area (Å²) in [5.41, 5.74) is 6.86. The van der Waals surface area contributed by atoms with Crippen LogP contribution in [0, 0.1) is 0 Å². The van der Waals surface area contributed by atoms with Crippen molar-refractivity contribution < 1.29 is 14.4 Å². The number of hydrogen-bond acceptors (Lipinski definition) is 8. The van der Waals surface area contributed by atoms with Crippen molar-refractivity contribution in [2.45, 2.75) is 12.0 Å². The van der Waals surface area contributed by atoms with Crippen LogP contribution in [0.2, 0.25) is 0 Å². The molecule has 9 heteroatoms. The number of anilines is 1. The minimum absolute atomic E-state index is 0.137. The molecule has 5 rings (SSSR count). The number of fused-ring (bicyclic) bond motifs is 1. The summed E-state index contributed by atoms with van der Waals surface area (Å²) in [6.07, 6.45) is 3.58. The van der Waals surface area contributed by atoms with Gasteiger partial charge < -0.3 is 20.3 Å². The summed E-state index contributed by atoms with van der Waals surface area (Å²) in [7, 11) is 1.65. The molecular formula is C21H18N6O3. The van der Waals surface area contributed by atoms with Gasteiger partial charge in [0.05, 0.1) is 0 Å². The number of nitrogens with two attached hydrogens (primary N) is 1. The van der Waals surface area contributed by atoms with Gasteiger partial charge in [-0.05, 0) is 12.1 Å². The summed E-state index contributed by atoms with van der Waals surface area (Å²) >= 11 is 0. The van der Waals surface area contributed by atoms with E-state index in [9.17, 15) is 9.90 Å². The Kier molecular flexibility index (Phi) is 4.00. The lowest BCUT2D eigenvalue weighted by molar-refractivity contribution is -0.144. The standard InChI is InChI=1S/C21H18N6O3/c1-27-8-6-21(29,20(27)28)16-10-15(26-30-16)12-3-2-4-13(9-12)19-24-11-14-5-7-23-18(22)17(14)25-19/h2-5,7,9-11,29H,6,8H2,1H3,(H2,22,23)/t21-/m1/s1. The molecule has 0 spiro atoms. The van der Waals surface area contributed by atoms with Gasteiger partial charge in [0, 0.05) is 55.0 Å². The Labute approximate surface area is 171 Å². The van der Waals surface area contributed by atoms with Crippen LogP contribution in [0.5, 0.6) is 0 Å². The lowest BCUT2D eigenvalue weighted by Gasteiger charge is -2.16. The van der Waals surface area contributed by atoms with Gasteiger partial charge in [-0.1, -0.05) is 23.4 Å². The maximum Gasteiger partial charge on any atom is 0.262 e. The number of pyridine rings is 1. The first-order chi connectivity index (χ1) is 14.5. The van der Waals surface area contributed by atoms with Crippen LogP contribution in [0.3, 0.4) is 0 Å². The van der Waals surface area contributed by atoms with E-state index in [0.717, 1.165) is 16.5 Å². The molecule has 3 N–H and O–H groups in total. The molecule has 0 bridgehead atoms. The zero-order valence-electron chi connectivity index (χ0n) is 16.1. The van der Waals surface area contributed by atoms with Crippen molar-refractivity contribution >= 4 is 22.6 Å². The quantitative estimate of drug-likeness (QED) is 0.532. The lowest BCUT2D eigenvalue weighted by Crippen LogP contribution is -2.35. The summed E-state index contributed by atoms with van der Waals surface area (Å²) in [4.78, 5) is 26.8. The van der Waals surface area contributed by atoms with Crippen molar-refractivity contribution in [3.8, 4) is 22.6 Å². The summed E-state index contributed by atoms with van der Waals surface area (Å²) in [5, 5.41) is 15.6. The van der Waals surface area contributed by atoms with E-state index < -0.39 is 11.5 Å². The van der Waals surface area contributed by atoms with Crippen molar-refractivity contribution in [3.05, 3.63) is 54.6 Å². The average Bonchev–Trinajstić information content (AvgIpc) is 3.37. The Morgan fingerprint density at radius 3 is 2.83 bits per heavy atom. The molecule has 30 heavy (non-hydrogen) atoms. The van der Waals surface area contributed by atoms with E-state index in [-0.39, 0.29) is 12.2 Å². The van der Waals surface area contributed by atoms with E-state index in [1.54, 1.807) is 31.6 Å². The molecule has 1 atom stereocenters. The molecule has 9 nitrogen and oxygen atoms in total. The minimum atomic E-state index is -1.68.